The molecule has 0 unspecified atom stereocenters. The van der Waals surface area contributed by atoms with E-state index in [1.165, 1.54) is 6.07 Å². The fraction of sp³-hybridized carbons (Fsp3) is 0.435. The lowest BCUT2D eigenvalue weighted by molar-refractivity contribution is -0.107. The molecule has 3 rings (SSSR count). The van der Waals surface area contributed by atoms with Crippen molar-refractivity contribution in [3.05, 3.63) is 69.8 Å². The molecule has 28 heavy (non-hydrogen) atoms. The van der Waals surface area contributed by atoms with Crippen LogP contribution in [0.15, 0.2) is 24.3 Å². The van der Waals surface area contributed by atoms with Gasteiger partial charge in [0.2, 0.25) is 0 Å². The standard InChI is InChI=1S/C23H24F4O/c1-14-4-6-17(7-5-14)19-11-16(13-21(25)23(19)27)9-15-10-18(3-2-8-28)22(26)20(24)12-15/h8,10-14,17H,2-7,9H2,1H3. The maximum absolute atomic E-state index is 14.4. The van der Waals surface area contributed by atoms with Gasteiger partial charge in [0.15, 0.2) is 23.3 Å². The van der Waals surface area contributed by atoms with Crippen molar-refractivity contribution >= 4 is 6.29 Å². The van der Waals surface area contributed by atoms with Crippen LogP contribution in [0.2, 0.25) is 0 Å². The quantitative estimate of drug-likeness (QED) is 0.419. The molecule has 1 saturated carbocycles. The average molecular weight is 392 g/mol. The highest BCUT2D eigenvalue weighted by atomic mass is 19.2. The fourth-order valence-corrected chi connectivity index (χ4v) is 4.08. The minimum atomic E-state index is -0.998. The number of benzene rings is 2. The highest BCUT2D eigenvalue weighted by Gasteiger charge is 2.24. The minimum Gasteiger partial charge on any atom is -0.303 e. The van der Waals surface area contributed by atoms with E-state index in [1.807, 2.05) is 0 Å². The van der Waals surface area contributed by atoms with Gasteiger partial charge in [0.1, 0.15) is 6.29 Å². The van der Waals surface area contributed by atoms with E-state index in [0.717, 1.165) is 37.8 Å². The van der Waals surface area contributed by atoms with Gasteiger partial charge in [-0.2, -0.15) is 0 Å². The number of carbonyl (C=O) groups is 1. The van der Waals surface area contributed by atoms with Crippen molar-refractivity contribution < 1.29 is 22.4 Å². The van der Waals surface area contributed by atoms with Crippen molar-refractivity contribution in [1.29, 1.82) is 0 Å². The average Bonchev–Trinajstić information content (AvgIpc) is 2.67. The SMILES string of the molecule is CC1CCC(c2cc(Cc3cc(F)c(F)c(CCC=O)c3)cc(F)c2F)CC1. The normalized spacial score (nSPS) is 19.6. The zero-order valence-electron chi connectivity index (χ0n) is 15.9. The summed E-state index contributed by atoms with van der Waals surface area (Å²) in [6.07, 6.45) is 4.62. The molecule has 1 nitrogen and oxygen atoms in total. The first-order valence-electron chi connectivity index (χ1n) is 9.77. The summed E-state index contributed by atoms with van der Waals surface area (Å²) in [6, 6.07) is 5.34. The van der Waals surface area contributed by atoms with Crippen LogP contribution in [-0.4, -0.2) is 6.29 Å². The molecular formula is C23H24F4O. The Morgan fingerprint density at radius 2 is 1.50 bits per heavy atom. The van der Waals surface area contributed by atoms with Gasteiger partial charge in [0.25, 0.3) is 0 Å². The minimum absolute atomic E-state index is 0.0150. The van der Waals surface area contributed by atoms with Gasteiger partial charge in [-0.1, -0.05) is 31.9 Å². The van der Waals surface area contributed by atoms with E-state index >= 15 is 0 Å². The molecule has 150 valence electrons. The maximum Gasteiger partial charge on any atom is 0.162 e. The maximum atomic E-state index is 14.4. The molecule has 0 aromatic heterocycles. The molecule has 0 radical (unpaired) electrons. The Balaban J connectivity index is 1.88. The van der Waals surface area contributed by atoms with Crippen LogP contribution < -0.4 is 0 Å². The molecule has 2 aromatic carbocycles. The van der Waals surface area contributed by atoms with E-state index in [-0.39, 0.29) is 30.7 Å². The molecule has 0 amide bonds. The highest BCUT2D eigenvalue weighted by molar-refractivity contribution is 5.50. The van der Waals surface area contributed by atoms with E-state index in [2.05, 4.69) is 6.92 Å². The Morgan fingerprint density at radius 1 is 0.893 bits per heavy atom. The molecule has 5 heteroatoms. The van der Waals surface area contributed by atoms with E-state index in [0.29, 0.717) is 28.9 Å². The van der Waals surface area contributed by atoms with Gasteiger partial charge in [0, 0.05) is 6.42 Å². The van der Waals surface area contributed by atoms with Gasteiger partial charge in [-0.3, -0.25) is 0 Å². The smallest absolute Gasteiger partial charge is 0.162 e. The summed E-state index contributed by atoms with van der Waals surface area (Å²) in [4.78, 5) is 10.5. The molecule has 1 aliphatic rings. The zero-order valence-corrected chi connectivity index (χ0v) is 15.9. The Hall–Kier alpha value is -2.17. The van der Waals surface area contributed by atoms with Crippen LogP contribution in [0.4, 0.5) is 17.6 Å². The molecule has 0 N–H and O–H groups in total. The Kier molecular flexibility index (Phi) is 6.53. The third kappa shape index (κ3) is 4.62. The Labute approximate surface area is 162 Å². The van der Waals surface area contributed by atoms with Crippen molar-refractivity contribution in [3.63, 3.8) is 0 Å². The second-order valence-corrected chi connectivity index (χ2v) is 7.87. The Morgan fingerprint density at radius 3 is 2.14 bits per heavy atom. The number of rotatable bonds is 6. The predicted molar refractivity (Wildman–Crippen MR) is 100 cm³/mol. The van der Waals surface area contributed by atoms with Crippen molar-refractivity contribution in [2.45, 2.75) is 57.8 Å². The lowest BCUT2D eigenvalue weighted by Gasteiger charge is -2.27. The fourth-order valence-electron chi connectivity index (χ4n) is 4.08. The lowest BCUT2D eigenvalue weighted by Crippen LogP contribution is -2.13. The molecule has 1 aliphatic carbocycles. The number of hydrogen-bond donors (Lipinski definition) is 0. The van der Waals surface area contributed by atoms with Gasteiger partial charge >= 0.3 is 0 Å². The summed E-state index contributed by atoms with van der Waals surface area (Å²) in [7, 11) is 0. The van der Waals surface area contributed by atoms with E-state index in [9.17, 15) is 22.4 Å². The first-order valence-corrected chi connectivity index (χ1v) is 9.77. The summed E-state index contributed by atoms with van der Waals surface area (Å²) in [5, 5.41) is 0. The van der Waals surface area contributed by atoms with Crippen LogP contribution >= 0.6 is 0 Å². The Bertz CT molecular complexity index is 854. The topological polar surface area (TPSA) is 17.1 Å². The third-order valence-corrected chi connectivity index (χ3v) is 5.67. The van der Waals surface area contributed by atoms with Gasteiger partial charge in [0.05, 0.1) is 0 Å². The van der Waals surface area contributed by atoms with Crippen molar-refractivity contribution in [3.8, 4) is 0 Å². The van der Waals surface area contributed by atoms with Crippen LogP contribution in [0.3, 0.4) is 0 Å². The molecule has 0 atom stereocenters. The predicted octanol–water partition coefficient (Wildman–Crippen LogP) is 6.26. The van der Waals surface area contributed by atoms with Crippen molar-refractivity contribution in [1.82, 2.24) is 0 Å². The number of carbonyl (C=O) groups excluding carboxylic acids is 1. The second-order valence-electron chi connectivity index (χ2n) is 7.87. The second kappa shape index (κ2) is 8.89. The van der Waals surface area contributed by atoms with Gasteiger partial charge in [-0.15, -0.1) is 0 Å². The van der Waals surface area contributed by atoms with E-state index in [1.54, 1.807) is 6.07 Å². The molecule has 1 fully saturated rings. The van der Waals surface area contributed by atoms with E-state index < -0.39 is 23.3 Å². The molecule has 0 spiro atoms. The highest BCUT2D eigenvalue weighted by Crippen LogP contribution is 2.37. The molecule has 0 heterocycles. The lowest BCUT2D eigenvalue weighted by atomic mass is 9.79. The van der Waals surface area contributed by atoms with Crippen molar-refractivity contribution in [2.75, 3.05) is 0 Å². The van der Waals surface area contributed by atoms with Gasteiger partial charge in [-0.25, -0.2) is 17.6 Å². The van der Waals surface area contributed by atoms with E-state index in [4.69, 9.17) is 0 Å². The molecule has 0 bridgehead atoms. The number of aldehydes is 1. The number of hydrogen-bond acceptors (Lipinski definition) is 1. The van der Waals surface area contributed by atoms with Crippen molar-refractivity contribution in [2.24, 2.45) is 5.92 Å². The summed E-state index contributed by atoms with van der Waals surface area (Å²) >= 11 is 0. The zero-order chi connectivity index (χ0) is 20.3. The van der Waals surface area contributed by atoms with Crippen LogP contribution in [0, 0.1) is 29.2 Å². The largest absolute Gasteiger partial charge is 0.303 e. The van der Waals surface area contributed by atoms with Gasteiger partial charge in [-0.05, 0) is 71.9 Å². The molecule has 0 aliphatic heterocycles. The molecule has 0 saturated heterocycles. The first-order chi connectivity index (χ1) is 13.4. The monoisotopic (exact) mass is 392 g/mol. The summed E-state index contributed by atoms with van der Waals surface area (Å²) in [5.74, 6) is -3.09. The van der Waals surface area contributed by atoms with Crippen LogP contribution in [0.1, 0.15) is 67.2 Å². The number of halogens is 4. The van der Waals surface area contributed by atoms with Crippen LogP contribution in [0.25, 0.3) is 0 Å². The van der Waals surface area contributed by atoms with Crippen LogP contribution in [-0.2, 0) is 17.6 Å². The molecular weight excluding hydrogens is 368 g/mol. The first kappa shape index (κ1) is 20.6. The summed E-state index contributed by atoms with van der Waals surface area (Å²) in [6.45, 7) is 2.16. The third-order valence-electron chi connectivity index (χ3n) is 5.67. The summed E-state index contributed by atoms with van der Waals surface area (Å²) in [5.41, 5.74) is 1.49. The summed E-state index contributed by atoms with van der Waals surface area (Å²) < 4.78 is 56.4. The van der Waals surface area contributed by atoms with Crippen LogP contribution in [0.5, 0.6) is 0 Å². The number of aryl methyl sites for hydroxylation is 1. The molecule has 2 aromatic rings. The van der Waals surface area contributed by atoms with Gasteiger partial charge < -0.3 is 4.79 Å².